The second kappa shape index (κ2) is 4.92. The van der Waals surface area contributed by atoms with Crippen LogP contribution in [0.25, 0.3) is 5.57 Å². The summed E-state index contributed by atoms with van der Waals surface area (Å²) in [4.78, 5) is 24.9. The zero-order valence-corrected chi connectivity index (χ0v) is 13.7. The number of carbonyl (C=O) groups excluding carboxylic acids is 2. The number of hydrogen-bond acceptors (Lipinski definition) is 3. The van der Waals surface area contributed by atoms with Crippen LogP contribution in [0.3, 0.4) is 0 Å². The van der Waals surface area contributed by atoms with Gasteiger partial charge in [0.25, 0.3) is 0 Å². The van der Waals surface area contributed by atoms with Crippen LogP contribution in [0.5, 0.6) is 0 Å². The molecule has 3 nitrogen and oxygen atoms in total. The first-order valence-electron chi connectivity index (χ1n) is 8.88. The predicted octanol–water partition coefficient (Wildman–Crippen LogP) is 3.54. The van der Waals surface area contributed by atoms with E-state index in [1.54, 1.807) is 0 Å². The van der Waals surface area contributed by atoms with E-state index in [2.05, 4.69) is 43.3 Å². The highest BCUT2D eigenvalue weighted by Crippen LogP contribution is 2.57. The van der Waals surface area contributed by atoms with Crippen LogP contribution in [0.4, 0.5) is 0 Å². The van der Waals surface area contributed by atoms with Crippen molar-refractivity contribution in [1.82, 2.24) is 0 Å². The largest absolute Gasteiger partial charge is 0.393 e. The van der Waals surface area contributed by atoms with Crippen LogP contribution in [0.1, 0.15) is 30.9 Å². The second-order valence-corrected chi connectivity index (χ2v) is 7.61. The van der Waals surface area contributed by atoms with Crippen molar-refractivity contribution in [2.75, 3.05) is 0 Å². The van der Waals surface area contributed by atoms with Gasteiger partial charge in [-0.3, -0.25) is 9.59 Å². The van der Waals surface area contributed by atoms with Crippen molar-refractivity contribution in [2.24, 2.45) is 29.6 Å². The molecule has 3 heteroatoms. The zero-order chi connectivity index (χ0) is 16.4. The Morgan fingerprint density at radius 3 is 2.67 bits per heavy atom. The number of fused-ring (bicyclic) bond motifs is 7. The Kier molecular flexibility index (Phi) is 2.91. The van der Waals surface area contributed by atoms with Gasteiger partial charge >= 0.3 is 11.9 Å². The Morgan fingerprint density at radius 1 is 1.00 bits per heavy atom. The van der Waals surface area contributed by atoms with E-state index in [4.69, 9.17) is 4.74 Å². The molecule has 1 aromatic carbocycles. The van der Waals surface area contributed by atoms with Crippen molar-refractivity contribution in [2.45, 2.75) is 26.2 Å². The average molecular weight is 320 g/mol. The van der Waals surface area contributed by atoms with E-state index < -0.39 is 0 Å². The second-order valence-electron chi connectivity index (χ2n) is 7.61. The molecule has 1 heterocycles. The standard InChI is InChI=1S/C21H20O3/c1-11-10-12-6-2-3-7-13(12)17-14-8-4-5-9-15(14)18-19(16(11)17)21(23)24-20(18)22/h2-7,11,15-16,18-19H,8-10H2,1H3/t11-,15-,16+,18-,19-/m1/s1. The van der Waals surface area contributed by atoms with Crippen LogP contribution in [-0.4, -0.2) is 11.9 Å². The molecule has 5 atom stereocenters. The Bertz CT molecular complexity index is 816. The molecule has 5 rings (SSSR count). The highest BCUT2D eigenvalue weighted by Gasteiger charge is 2.58. The summed E-state index contributed by atoms with van der Waals surface area (Å²) < 4.78 is 5.11. The molecule has 24 heavy (non-hydrogen) atoms. The minimum atomic E-state index is -0.299. The number of benzene rings is 1. The molecule has 1 aliphatic heterocycles. The lowest BCUT2D eigenvalue weighted by atomic mass is 9.55. The molecular formula is C21H20O3. The van der Waals surface area contributed by atoms with Gasteiger partial charge in [-0.15, -0.1) is 0 Å². The third-order valence-corrected chi connectivity index (χ3v) is 6.44. The van der Waals surface area contributed by atoms with Gasteiger partial charge in [-0.05, 0) is 47.8 Å². The monoisotopic (exact) mass is 320 g/mol. The van der Waals surface area contributed by atoms with Gasteiger partial charge in [-0.1, -0.05) is 48.9 Å². The van der Waals surface area contributed by atoms with Gasteiger partial charge in [0, 0.05) is 5.92 Å². The minimum absolute atomic E-state index is 0.113. The maximum Gasteiger partial charge on any atom is 0.318 e. The number of rotatable bonds is 0. The van der Waals surface area contributed by atoms with E-state index in [0.29, 0.717) is 5.92 Å². The normalized spacial score (nSPS) is 36.6. The van der Waals surface area contributed by atoms with E-state index in [0.717, 1.165) is 19.3 Å². The molecule has 0 amide bonds. The van der Waals surface area contributed by atoms with Crippen LogP contribution in [0.2, 0.25) is 0 Å². The SMILES string of the molecule is C[C@@H]1Cc2ccccc2C2=C3CC=CC[C@H]3[C@H]3C(=O)OC(=O)[C@@H]3[C@H]21. The van der Waals surface area contributed by atoms with Crippen molar-refractivity contribution in [1.29, 1.82) is 0 Å². The predicted molar refractivity (Wildman–Crippen MR) is 89.7 cm³/mol. The molecule has 1 fully saturated rings. The van der Waals surface area contributed by atoms with Crippen molar-refractivity contribution in [3.8, 4) is 0 Å². The lowest BCUT2D eigenvalue weighted by molar-refractivity contribution is -0.154. The smallest absolute Gasteiger partial charge is 0.318 e. The molecule has 4 aliphatic rings. The van der Waals surface area contributed by atoms with Gasteiger partial charge < -0.3 is 4.74 Å². The number of allylic oxidation sites excluding steroid dienone is 4. The fourth-order valence-electron chi connectivity index (χ4n) is 5.55. The summed E-state index contributed by atoms with van der Waals surface area (Å²) in [7, 11) is 0. The molecule has 1 saturated heterocycles. The topological polar surface area (TPSA) is 43.4 Å². The molecule has 122 valence electrons. The first kappa shape index (κ1) is 14.2. The van der Waals surface area contributed by atoms with Crippen molar-refractivity contribution < 1.29 is 14.3 Å². The van der Waals surface area contributed by atoms with Crippen molar-refractivity contribution >= 4 is 17.5 Å². The summed E-state index contributed by atoms with van der Waals surface area (Å²) in [6.45, 7) is 2.22. The molecule has 0 bridgehead atoms. The van der Waals surface area contributed by atoms with Crippen LogP contribution in [0, 0.1) is 29.6 Å². The number of hydrogen-bond donors (Lipinski definition) is 0. The first-order chi connectivity index (χ1) is 11.7. The van der Waals surface area contributed by atoms with Gasteiger partial charge in [-0.2, -0.15) is 0 Å². The summed E-state index contributed by atoms with van der Waals surface area (Å²) in [6.07, 6.45) is 7.05. The van der Waals surface area contributed by atoms with Crippen molar-refractivity contribution in [3.05, 3.63) is 53.1 Å². The third kappa shape index (κ3) is 1.73. The maximum absolute atomic E-state index is 12.5. The summed E-state index contributed by atoms with van der Waals surface area (Å²) in [5, 5.41) is 0. The zero-order valence-electron chi connectivity index (χ0n) is 13.7. The number of carbonyl (C=O) groups is 2. The quantitative estimate of drug-likeness (QED) is 0.417. The van der Waals surface area contributed by atoms with E-state index in [9.17, 15) is 9.59 Å². The molecule has 0 radical (unpaired) electrons. The van der Waals surface area contributed by atoms with E-state index in [1.807, 2.05) is 0 Å². The van der Waals surface area contributed by atoms with Crippen LogP contribution in [-0.2, 0) is 20.7 Å². The van der Waals surface area contributed by atoms with Gasteiger partial charge in [0.15, 0.2) is 0 Å². The number of ether oxygens (including phenoxy) is 1. The summed E-state index contributed by atoms with van der Waals surface area (Å²) in [6, 6.07) is 8.56. The summed E-state index contributed by atoms with van der Waals surface area (Å²) in [5.41, 5.74) is 5.37. The minimum Gasteiger partial charge on any atom is -0.393 e. The van der Waals surface area contributed by atoms with Crippen LogP contribution in [0.15, 0.2) is 42.0 Å². The maximum atomic E-state index is 12.5. The van der Waals surface area contributed by atoms with Gasteiger partial charge in [0.05, 0.1) is 11.8 Å². The average Bonchev–Trinajstić information content (AvgIpc) is 2.89. The fourth-order valence-corrected chi connectivity index (χ4v) is 5.55. The Hall–Kier alpha value is -2.16. The lowest BCUT2D eigenvalue weighted by Gasteiger charge is -2.46. The van der Waals surface area contributed by atoms with Gasteiger partial charge in [0.2, 0.25) is 0 Å². The fraction of sp³-hybridized carbons (Fsp3) is 0.429. The molecule has 0 unspecified atom stereocenters. The van der Waals surface area contributed by atoms with E-state index in [1.165, 1.54) is 22.3 Å². The van der Waals surface area contributed by atoms with E-state index in [-0.39, 0.29) is 35.6 Å². The number of cyclic esters (lactones) is 2. The highest BCUT2D eigenvalue weighted by atomic mass is 16.6. The first-order valence-corrected chi connectivity index (χ1v) is 8.88. The molecule has 0 N–H and O–H groups in total. The Labute approximate surface area is 141 Å². The molecule has 0 saturated carbocycles. The third-order valence-electron chi connectivity index (χ3n) is 6.44. The molecule has 0 aromatic heterocycles. The highest BCUT2D eigenvalue weighted by molar-refractivity contribution is 6.00. The van der Waals surface area contributed by atoms with E-state index >= 15 is 0 Å². The molecule has 0 spiro atoms. The molecule has 1 aromatic rings. The van der Waals surface area contributed by atoms with Crippen molar-refractivity contribution in [3.63, 3.8) is 0 Å². The number of esters is 2. The summed E-state index contributed by atoms with van der Waals surface area (Å²) in [5.74, 6) is -0.583. The molecular weight excluding hydrogens is 300 g/mol. The van der Waals surface area contributed by atoms with Crippen LogP contribution < -0.4 is 0 Å². The Balaban J connectivity index is 1.79. The van der Waals surface area contributed by atoms with Gasteiger partial charge in [-0.25, -0.2) is 0 Å². The summed E-state index contributed by atoms with van der Waals surface area (Å²) >= 11 is 0. The Morgan fingerprint density at radius 2 is 1.79 bits per heavy atom. The van der Waals surface area contributed by atoms with Gasteiger partial charge in [0.1, 0.15) is 0 Å². The lowest BCUT2D eigenvalue weighted by Crippen LogP contribution is -2.43. The molecule has 3 aliphatic carbocycles. The van der Waals surface area contributed by atoms with Crippen LogP contribution >= 0.6 is 0 Å².